The average molecular weight is 248 g/mol. The highest BCUT2D eigenvalue weighted by molar-refractivity contribution is 5.94. The van der Waals surface area contributed by atoms with Gasteiger partial charge in [0.25, 0.3) is 0 Å². The summed E-state index contributed by atoms with van der Waals surface area (Å²) >= 11 is 0. The minimum absolute atomic E-state index is 0.0678. The van der Waals surface area contributed by atoms with Crippen LogP contribution in [0.3, 0.4) is 0 Å². The van der Waals surface area contributed by atoms with Gasteiger partial charge in [0.1, 0.15) is 0 Å². The number of hydrogen-bond donors (Lipinski definition) is 2. The van der Waals surface area contributed by atoms with Crippen molar-refractivity contribution in [2.45, 2.75) is 31.9 Å². The molecule has 0 aromatic heterocycles. The van der Waals surface area contributed by atoms with Crippen LogP contribution in [-0.4, -0.2) is 24.7 Å². The van der Waals surface area contributed by atoms with Gasteiger partial charge in [-0.15, -0.1) is 0 Å². The Kier molecular flexibility index (Phi) is 3.99. The molecule has 2 rings (SSSR count). The maximum absolute atomic E-state index is 11.3. The summed E-state index contributed by atoms with van der Waals surface area (Å²) in [6, 6.07) is 7.42. The molecule has 1 heterocycles. The van der Waals surface area contributed by atoms with Crippen LogP contribution in [0.4, 0.5) is 0 Å². The van der Waals surface area contributed by atoms with E-state index in [1.807, 2.05) is 18.2 Å². The predicted octanol–water partition coefficient (Wildman–Crippen LogP) is 1.44. The summed E-state index contributed by atoms with van der Waals surface area (Å²) in [5.41, 5.74) is 6.80. The van der Waals surface area contributed by atoms with Crippen molar-refractivity contribution in [2.24, 2.45) is 5.73 Å². The largest absolute Gasteiger partial charge is 0.374 e. The van der Waals surface area contributed by atoms with Gasteiger partial charge in [-0.25, -0.2) is 0 Å². The van der Waals surface area contributed by atoms with Crippen LogP contribution < -0.4 is 11.1 Å². The van der Waals surface area contributed by atoms with E-state index in [1.54, 1.807) is 6.07 Å². The lowest BCUT2D eigenvalue weighted by molar-refractivity contribution is 0.0207. The van der Waals surface area contributed by atoms with Crippen molar-refractivity contribution in [3.8, 4) is 0 Å². The molecule has 98 valence electrons. The van der Waals surface area contributed by atoms with Gasteiger partial charge in [-0.1, -0.05) is 18.2 Å². The molecule has 1 fully saturated rings. The zero-order valence-corrected chi connectivity index (χ0v) is 10.7. The van der Waals surface area contributed by atoms with E-state index in [0.717, 1.165) is 31.6 Å². The predicted molar refractivity (Wildman–Crippen MR) is 70.3 cm³/mol. The number of nitrogens with one attached hydrogen (secondary N) is 1. The molecule has 4 heteroatoms. The van der Waals surface area contributed by atoms with Crippen LogP contribution in [0.25, 0.3) is 0 Å². The highest BCUT2D eigenvalue weighted by Crippen LogP contribution is 2.24. The van der Waals surface area contributed by atoms with Crippen molar-refractivity contribution in [1.82, 2.24) is 5.32 Å². The van der Waals surface area contributed by atoms with E-state index >= 15 is 0 Å². The van der Waals surface area contributed by atoms with E-state index in [2.05, 4.69) is 12.2 Å². The van der Waals surface area contributed by atoms with Gasteiger partial charge in [-0.2, -0.15) is 0 Å². The highest BCUT2D eigenvalue weighted by atomic mass is 16.5. The molecule has 0 radical (unpaired) electrons. The van der Waals surface area contributed by atoms with Gasteiger partial charge < -0.3 is 15.8 Å². The highest BCUT2D eigenvalue weighted by Gasteiger charge is 2.29. The first-order chi connectivity index (χ1) is 8.61. The monoisotopic (exact) mass is 248 g/mol. The van der Waals surface area contributed by atoms with E-state index in [-0.39, 0.29) is 11.5 Å². The second kappa shape index (κ2) is 5.50. The Balaban J connectivity index is 1.92. The number of ether oxygens (including phenoxy) is 1. The van der Waals surface area contributed by atoms with Crippen molar-refractivity contribution in [1.29, 1.82) is 0 Å². The molecule has 0 aliphatic carbocycles. The summed E-state index contributed by atoms with van der Waals surface area (Å²) in [6.07, 6.45) is 2.20. The Hall–Kier alpha value is -1.39. The fraction of sp³-hybridized carbons (Fsp3) is 0.500. The summed E-state index contributed by atoms with van der Waals surface area (Å²) in [5, 5.41) is 3.35. The van der Waals surface area contributed by atoms with E-state index in [0.29, 0.717) is 12.1 Å². The molecule has 0 saturated carbocycles. The molecule has 3 N–H and O–H groups in total. The SMILES string of the molecule is CC1(CNCc2ccccc2C(N)=O)CCCO1. The summed E-state index contributed by atoms with van der Waals surface area (Å²) in [7, 11) is 0. The van der Waals surface area contributed by atoms with E-state index < -0.39 is 0 Å². The van der Waals surface area contributed by atoms with Gasteiger partial charge in [0.15, 0.2) is 0 Å². The molecule has 1 aliphatic rings. The molecule has 1 aromatic carbocycles. The molecular weight excluding hydrogens is 228 g/mol. The lowest BCUT2D eigenvalue weighted by Crippen LogP contribution is -2.37. The number of carbonyl (C=O) groups is 1. The van der Waals surface area contributed by atoms with Gasteiger partial charge in [-0.05, 0) is 31.4 Å². The van der Waals surface area contributed by atoms with Crippen LogP contribution in [0.2, 0.25) is 0 Å². The fourth-order valence-electron chi connectivity index (χ4n) is 2.35. The third kappa shape index (κ3) is 3.09. The molecule has 1 amide bonds. The maximum Gasteiger partial charge on any atom is 0.249 e. The van der Waals surface area contributed by atoms with Crippen LogP contribution in [0.1, 0.15) is 35.7 Å². The van der Waals surface area contributed by atoms with Gasteiger partial charge in [0.05, 0.1) is 5.60 Å². The number of benzene rings is 1. The van der Waals surface area contributed by atoms with Crippen LogP contribution >= 0.6 is 0 Å². The summed E-state index contributed by atoms with van der Waals surface area (Å²) in [6.45, 7) is 4.39. The van der Waals surface area contributed by atoms with Crippen molar-refractivity contribution >= 4 is 5.91 Å². The lowest BCUT2D eigenvalue weighted by Gasteiger charge is -2.23. The first kappa shape index (κ1) is 13.1. The van der Waals surface area contributed by atoms with Gasteiger partial charge in [-0.3, -0.25) is 4.79 Å². The van der Waals surface area contributed by atoms with E-state index in [1.165, 1.54) is 0 Å². The van der Waals surface area contributed by atoms with E-state index in [4.69, 9.17) is 10.5 Å². The molecule has 1 atom stereocenters. The van der Waals surface area contributed by atoms with Crippen molar-refractivity contribution in [2.75, 3.05) is 13.2 Å². The third-order valence-electron chi connectivity index (χ3n) is 3.40. The Morgan fingerprint density at radius 2 is 2.28 bits per heavy atom. The summed E-state index contributed by atoms with van der Waals surface area (Å²) in [5.74, 6) is -0.379. The lowest BCUT2D eigenvalue weighted by atomic mass is 10.0. The summed E-state index contributed by atoms with van der Waals surface area (Å²) < 4.78 is 5.70. The molecule has 1 unspecified atom stereocenters. The van der Waals surface area contributed by atoms with Crippen molar-refractivity contribution in [3.63, 3.8) is 0 Å². The smallest absolute Gasteiger partial charge is 0.249 e. The van der Waals surface area contributed by atoms with Gasteiger partial charge in [0, 0.05) is 25.3 Å². The normalized spacial score (nSPS) is 23.2. The molecule has 0 bridgehead atoms. The summed E-state index contributed by atoms with van der Waals surface area (Å²) in [4.78, 5) is 11.3. The number of hydrogen-bond acceptors (Lipinski definition) is 3. The van der Waals surface area contributed by atoms with Crippen LogP contribution in [0.5, 0.6) is 0 Å². The Morgan fingerprint density at radius 3 is 2.94 bits per heavy atom. The Bertz CT molecular complexity index is 426. The molecular formula is C14H20N2O2. The quantitative estimate of drug-likeness (QED) is 0.829. The first-order valence-corrected chi connectivity index (χ1v) is 6.33. The minimum atomic E-state index is -0.379. The topological polar surface area (TPSA) is 64.3 Å². The molecule has 1 aliphatic heterocycles. The molecule has 4 nitrogen and oxygen atoms in total. The number of carbonyl (C=O) groups excluding carboxylic acids is 1. The van der Waals surface area contributed by atoms with Gasteiger partial charge in [0.2, 0.25) is 5.91 Å². The average Bonchev–Trinajstić information content (AvgIpc) is 2.77. The molecule has 0 spiro atoms. The second-order valence-corrected chi connectivity index (χ2v) is 5.03. The molecule has 1 saturated heterocycles. The third-order valence-corrected chi connectivity index (χ3v) is 3.40. The zero-order chi connectivity index (χ0) is 13.0. The molecule has 18 heavy (non-hydrogen) atoms. The molecule has 1 aromatic rings. The van der Waals surface area contributed by atoms with E-state index in [9.17, 15) is 4.79 Å². The number of rotatable bonds is 5. The number of primary amides is 1. The Labute approximate surface area is 108 Å². The number of nitrogens with two attached hydrogens (primary N) is 1. The van der Waals surface area contributed by atoms with Crippen molar-refractivity contribution < 1.29 is 9.53 Å². The van der Waals surface area contributed by atoms with Gasteiger partial charge >= 0.3 is 0 Å². The first-order valence-electron chi connectivity index (χ1n) is 6.33. The maximum atomic E-state index is 11.3. The number of amides is 1. The van der Waals surface area contributed by atoms with Crippen LogP contribution in [0.15, 0.2) is 24.3 Å². The second-order valence-electron chi connectivity index (χ2n) is 5.03. The minimum Gasteiger partial charge on any atom is -0.374 e. The Morgan fingerprint density at radius 1 is 1.50 bits per heavy atom. The zero-order valence-electron chi connectivity index (χ0n) is 10.7. The van der Waals surface area contributed by atoms with Crippen LogP contribution in [-0.2, 0) is 11.3 Å². The van der Waals surface area contributed by atoms with Crippen molar-refractivity contribution in [3.05, 3.63) is 35.4 Å². The fourth-order valence-corrected chi connectivity index (χ4v) is 2.35. The standard InChI is InChI=1S/C14H20N2O2/c1-14(7-4-8-18-14)10-16-9-11-5-2-3-6-12(11)13(15)17/h2-3,5-6,16H,4,7-10H2,1H3,(H2,15,17). The van der Waals surface area contributed by atoms with Crippen LogP contribution in [0, 0.1) is 0 Å².